The van der Waals surface area contributed by atoms with E-state index in [1.165, 1.54) is 0 Å². The molecule has 0 radical (unpaired) electrons. The van der Waals surface area contributed by atoms with Crippen molar-refractivity contribution in [1.82, 2.24) is 20.4 Å². The molecule has 0 aliphatic carbocycles. The number of ether oxygens (including phenoxy) is 1. The molecule has 0 spiro atoms. The zero-order valence-corrected chi connectivity index (χ0v) is 15.7. The van der Waals surface area contributed by atoms with Crippen LogP contribution in [0.2, 0.25) is 0 Å². The zero-order chi connectivity index (χ0) is 19.5. The third-order valence-electron chi connectivity index (χ3n) is 4.47. The molecule has 1 amide bonds. The fourth-order valence-electron chi connectivity index (χ4n) is 3.06. The van der Waals surface area contributed by atoms with Crippen LogP contribution in [0.15, 0.2) is 53.1 Å². The Balaban J connectivity index is 1.48. The number of nitrogens with one attached hydrogen (secondary N) is 2. The van der Waals surface area contributed by atoms with Gasteiger partial charge in [0.15, 0.2) is 0 Å². The van der Waals surface area contributed by atoms with Crippen LogP contribution in [0.25, 0.3) is 22.3 Å². The number of benzene rings is 2. The highest BCUT2D eigenvalue weighted by Gasteiger charge is 2.16. The minimum absolute atomic E-state index is 0.150. The van der Waals surface area contributed by atoms with Crippen LogP contribution in [0.3, 0.4) is 0 Å². The van der Waals surface area contributed by atoms with Crippen molar-refractivity contribution in [3.8, 4) is 17.1 Å². The average Bonchev–Trinajstić information content (AvgIpc) is 3.32. The molecule has 7 nitrogen and oxygen atoms in total. The van der Waals surface area contributed by atoms with Crippen molar-refractivity contribution >= 4 is 16.8 Å². The Morgan fingerprint density at radius 2 is 2.04 bits per heavy atom. The van der Waals surface area contributed by atoms with Gasteiger partial charge >= 0.3 is 0 Å². The predicted molar refractivity (Wildman–Crippen MR) is 105 cm³/mol. The number of H-pyrrole nitrogens is 1. The van der Waals surface area contributed by atoms with Crippen molar-refractivity contribution in [3.63, 3.8) is 0 Å². The van der Waals surface area contributed by atoms with Crippen LogP contribution in [0.1, 0.15) is 28.9 Å². The number of aromatic amines is 1. The summed E-state index contributed by atoms with van der Waals surface area (Å²) in [5.41, 5.74) is 3.12. The van der Waals surface area contributed by atoms with Crippen molar-refractivity contribution in [2.75, 3.05) is 6.61 Å². The molecule has 0 saturated carbocycles. The molecular formula is C21H20N4O3. The van der Waals surface area contributed by atoms with Crippen LogP contribution in [0.5, 0.6) is 5.75 Å². The zero-order valence-electron chi connectivity index (χ0n) is 15.7. The average molecular weight is 376 g/mol. The predicted octanol–water partition coefficient (Wildman–Crippen LogP) is 3.86. The highest BCUT2D eigenvalue weighted by molar-refractivity contribution is 6.01. The lowest BCUT2D eigenvalue weighted by Crippen LogP contribution is -2.24. The second kappa shape index (κ2) is 7.56. The van der Waals surface area contributed by atoms with Crippen LogP contribution < -0.4 is 10.1 Å². The number of carbonyl (C=O) groups excluding carboxylic acids is 1. The summed E-state index contributed by atoms with van der Waals surface area (Å²) in [7, 11) is 0. The van der Waals surface area contributed by atoms with E-state index in [4.69, 9.17) is 9.26 Å². The van der Waals surface area contributed by atoms with Gasteiger partial charge in [-0.25, -0.2) is 0 Å². The summed E-state index contributed by atoms with van der Waals surface area (Å²) in [4.78, 5) is 20.1. The summed E-state index contributed by atoms with van der Waals surface area (Å²) >= 11 is 0. The van der Waals surface area contributed by atoms with Crippen LogP contribution in [0.4, 0.5) is 0 Å². The molecule has 0 fully saturated rings. The molecule has 0 aliphatic rings. The van der Waals surface area contributed by atoms with E-state index < -0.39 is 0 Å². The molecule has 4 rings (SSSR count). The maximum Gasteiger partial charge on any atom is 0.268 e. The molecule has 2 aromatic heterocycles. The number of rotatable bonds is 6. The number of hydrogen-bond acceptors (Lipinski definition) is 5. The van der Waals surface area contributed by atoms with Crippen molar-refractivity contribution < 1.29 is 14.1 Å². The summed E-state index contributed by atoms with van der Waals surface area (Å²) in [5.74, 6) is 1.39. The van der Waals surface area contributed by atoms with Gasteiger partial charge in [0.05, 0.1) is 13.2 Å². The molecule has 0 unspecified atom stereocenters. The van der Waals surface area contributed by atoms with Gasteiger partial charge in [0.2, 0.25) is 11.7 Å². The molecule has 0 bridgehead atoms. The first kappa shape index (κ1) is 17.8. The molecule has 28 heavy (non-hydrogen) atoms. The maximum absolute atomic E-state index is 12.6. The largest absolute Gasteiger partial charge is 0.494 e. The van der Waals surface area contributed by atoms with E-state index in [-0.39, 0.29) is 12.5 Å². The Morgan fingerprint density at radius 3 is 2.82 bits per heavy atom. The molecule has 0 saturated heterocycles. The van der Waals surface area contributed by atoms with Gasteiger partial charge in [-0.2, -0.15) is 4.98 Å². The number of aromatic nitrogens is 3. The molecule has 0 aliphatic heterocycles. The summed E-state index contributed by atoms with van der Waals surface area (Å²) in [6.07, 6.45) is 0. The van der Waals surface area contributed by atoms with E-state index in [1.54, 1.807) is 0 Å². The van der Waals surface area contributed by atoms with E-state index in [0.717, 1.165) is 27.8 Å². The van der Waals surface area contributed by atoms with Gasteiger partial charge < -0.3 is 19.6 Å². The minimum atomic E-state index is -0.230. The number of aryl methyl sites for hydroxylation is 1. The number of fused-ring (bicyclic) bond motifs is 1. The van der Waals surface area contributed by atoms with Gasteiger partial charge in [0.1, 0.15) is 11.4 Å². The first-order chi connectivity index (χ1) is 13.7. The lowest BCUT2D eigenvalue weighted by atomic mass is 10.1. The second-order valence-corrected chi connectivity index (χ2v) is 6.33. The molecule has 2 aromatic carbocycles. The summed E-state index contributed by atoms with van der Waals surface area (Å²) in [6, 6.07) is 15.3. The van der Waals surface area contributed by atoms with Gasteiger partial charge in [0, 0.05) is 16.5 Å². The Morgan fingerprint density at radius 1 is 1.21 bits per heavy atom. The van der Waals surface area contributed by atoms with E-state index >= 15 is 0 Å². The Labute approximate surface area is 161 Å². The minimum Gasteiger partial charge on any atom is -0.494 e. The smallest absolute Gasteiger partial charge is 0.268 e. The Kier molecular flexibility index (Phi) is 4.80. The molecule has 0 atom stereocenters. The number of nitrogens with zero attached hydrogens (tertiary/aromatic N) is 2. The fraction of sp³-hybridized carbons (Fsp3) is 0.190. The first-order valence-electron chi connectivity index (χ1n) is 9.07. The number of amides is 1. The van der Waals surface area contributed by atoms with Crippen molar-refractivity contribution in [1.29, 1.82) is 0 Å². The van der Waals surface area contributed by atoms with Gasteiger partial charge in [-0.1, -0.05) is 35.5 Å². The Hall–Kier alpha value is -3.61. The number of carbonyl (C=O) groups is 1. The maximum atomic E-state index is 12.6. The SMILES string of the molecule is CCOc1ccc2[nH]c(C(=O)NCc3nc(-c4ccccc4)no3)c(C)c2c1. The van der Waals surface area contributed by atoms with Crippen molar-refractivity contribution in [2.24, 2.45) is 0 Å². The molecule has 4 aromatic rings. The quantitative estimate of drug-likeness (QED) is 0.533. The van der Waals surface area contributed by atoms with E-state index in [2.05, 4.69) is 20.4 Å². The highest BCUT2D eigenvalue weighted by Crippen LogP contribution is 2.26. The second-order valence-electron chi connectivity index (χ2n) is 6.33. The Bertz CT molecular complexity index is 1120. The van der Waals surface area contributed by atoms with Gasteiger partial charge in [-0.3, -0.25) is 4.79 Å². The summed E-state index contributed by atoms with van der Waals surface area (Å²) in [6.45, 7) is 4.59. The van der Waals surface area contributed by atoms with Crippen LogP contribution in [0, 0.1) is 6.92 Å². The number of hydrogen-bond donors (Lipinski definition) is 2. The molecular weight excluding hydrogens is 356 g/mol. The lowest BCUT2D eigenvalue weighted by molar-refractivity contribution is 0.0941. The van der Waals surface area contributed by atoms with Gasteiger partial charge in [-0.05, 0) is 37.6 Å². The van der Waals surface area contributed by atoms with Crippen molar-refractivity contribution in [2.45, 2.75) is 20.4 Å². The fourth-order valence-corrected chi connectivity index (χ4v) is 3.06. The van der Waals surface area contributed by atoms with Crippen molar-refractivity contribution in [3.05, 3.63) is 65.7 Å². The van der Waals surface area contributed by atoms with Gasteiger partial charge in [0.25, 0.3) is 5.91 Å². The standard InChI is InChI=1S/C21H20N4O3/c1-3-27-15-9-10-17-16(11-15)13(2)19(23-17)21(26)22-12-18-24-20(25-28-18)14-7-5-4-6-8-14/h4-11,23H,3,12H2,1-2H3,(H,22,26). The first-order valence-corrected chi connectivity index (χ1v) is 9.07. The van der Waals surface area contributed by atoms with Crippen LogP contribution >= 0.6 is 0 Å². The molecule has 2 N–H and O–H groups in total. The summed E-state index contributed by atoms with van der Waals surface area (Å²) in [5, 5.41) is 7.74. The molecule has 2 heterocycles. The normalized spacial score (nSPS) is 10.9. The van der Waals surface area contributed by atoms with Gasteiger partial charge in [-0.15, -0.1) is 0 Å². The third kappa shape index (κ3) is 3.46. The highest BCUT2D eigenvalue weighted by atomic mass is 16.5. The lowest BCUT2D eigenvalue weighted by Gasteiger charge is -2.02. The molecule has 7 heteroatoms. The van der Waals surface area contributed by atoms with E-state index in [1.807, 2.05) is 62.4 Å². The summed E-state index contributed by atoms with van der Waals surface area (Å²) < 4.78 is 10.8. The third-order valence-corrected chi connectivity index (χ3v) is 4.47. The van der Waals surface area contributed by atoms with Crippen LogP contribution in [-0.2, 0) is 6.54 Å². The molecule has 142 valence electrons. The van der Waals surface area contributed by atoms with Crippen LogP contribution in [-0.4, -0.2) is 27.6 Å². The monoisotopic (exact) mass is 376 g/mol. The van der Waals surface area contributed by atoms with E-state index in [9.17, 15) is 4.79 Å². The topological polar surface area (TPSA) is 93.0 Å². The van der Waals surface area contributed by atoms with E-state index in [0.29, 0.717) is 24.0 Å².